The normalized spacial score (nSPS) is 13.4. The van der Waals surface area contributed by atoms with Crippen LogP contribution < -0.4 is 5.32 Å². The molecule has 0 spiro atoms. The molecule has 0 radical (unpaired) electrons. The number of ether oxygens (including phenoxy) is 1. The number of carboxylic acids is 1. The topological polar surface area (TPSA) is 106 Å². The fourth-order valence-electron chi connectivity index (χ4n) is 3.90. The Morgan fingerprint density at radius 1 is 1.13 bits per heavy atom. The largest absolute Gasteiger partial charge is 0.480 e. The summed E-state index contributed by atoms with van der Waals surface area (Å²) in [5.74, 6) is -0.242. The number of aliphatic carboxylic acids is 1. The van der Waals surface area contributed by atoms with Crippen LogP contribution in [0.15, 0.2) is 48.5 Å². The number of benzene rings is 2. The van der Waals surface area contributed by atoms with Gasteiger partial charge in [0.1, 0.15) is 24.3 Å². The molecule has 1 heterocycles. The van der Waals surface area contributed by atoms with Crippen LogP contribution in [0.25, 0.3) is 11.1 Å². The Labute approximate surface area is 173 Å². The van der Waals surface area contributed by atoms with Crippen molar-refractivity contribution in [2.24, 2.45) is 7.05 Å². The van der Waals surface area contributed by atoms with Crippen LogP contribution in [-0.2, 0) is 23.0 Å². The Morgan fingerprint density at radius 2 is 1.73 bits per heavy atom. The number of hydrogen-bond acceptors (Lipinski definition) is 5. The van der Waals surface area contributed by atoms with Crippen molar-refractivity contribution in [1.82, 2.24) is 20.1 Å². The molecule has 1 aliphatic rings. The number of fused-ring (bicyclic) bond motifs is 3. The average Bonchev–Trinajstić information content (AvgIpc) is 3.22. The highest BCUT2D eigenvalue weighted by molar-refractivity contribution is 5.81. The number of carbonyl (C=O) groups excluding carboxylic acids is 1. The summed E-state index contributed by atoms with van der Waals surface area (Å²) in [6.45, 7) is 1.84. The van der Waals surface area contributed by atoms with Crippen LogP contribution in [0.1, 0.15) is 28.7 Å². The number of rotatable bonds is 6. The van der Waals surface area contributed by atoms with E-state index in [4.69, 9.17) is 4.74 Å². The smallest absolute Gasteiger partial charge is 0.407 e. The van der Waals surface area contributed by atoms with E-state index in [1.807, 2.05) is 36.4 Å². The molecule has 30 heavy (non-hydrogen) atoms. The van der Waals surface area contributed by atoms with Crippen LogP contribution in [0, 0.1) is 6.92 Å². The van der Waals surface area contributed by atoms with E-state index < -0.39 is 18.1 Å². The van der Waals surface area contributed by atoms with Crippen molar-refractivity contribution in [2.75, 3.05) is 6.61 Å². The summed E-state index contributed by atoms with van der Waals surface area (Å²) in [5, 5.41) is 16.0. The SMILES string of the molecule is Cc1nc(CC(NC(=O)OCC2c3ccccc3-c3ccccc32)C(=O)O)n(C)n1. The predicted octanol–water partition coefficient (Wildman–Crippen LogP) is 2.66. The Morgan fingerprint density at radius 3 is 2.27 bits per heavy atom. The van der Waals surface area contributed by atoms with Crippen LogP contribution >= 0.6 is 0 Å². The summed E-state index contributed by atoms with van der Waals surface area (Å²) < 4.78 is 6.94. The highest BCUT2D eigenvalue weighted by Crippen LogP contribution is 2.44. The number of aromatic nitrogens is 3. The molecule has 1 unspecified atom stereocenters. The molecule has 2 N–H and O–H groups in total. The van der Waals surface area contributed by atoms with Gasteiger partial charge in [0.15, 0.2) is 0 Å². The predicted molar refractivity (Wildman–Crippen MR) is 109 cm³/mol. The van der Waals surface area contributed by atoms with Crippen molar-refractivity contribution >= 4 is 12.1 Å². The molecular formula is C22H22N4O4. The monoisotopic (exact) mass is 406 g/mol. The molecule has 0 saturated heterocycles. The Balaban J connectivity index is 1.44. The third-order valence-corrected chi connectivity index (χ3v) is 5.28. The van der Waals surface area contributed by atoms with Crippen molar-refractivity contribution in [3.63, 3.8) is 0 Å². The molecule has 3 aromatic rings. The van der Waals surface area contributed by atoms with Crippen LogP contribution in [0.4, 0.5) is 4.79 Å². The Kier molecular flexibility index (Phi) is 5.22. The molecule has 4 rings (SSSR count). The van der Waals surface area contributed by atoms with Gasteiger partial charge in [-0.1, -0.05) is 48.5 Å². The molecule has 0 fully saturated rings. The zero-order chi connectivity index (χ0) is 21.3. The second-order valence-corrected chi connectivity index (χ2v) is 7.26. The zero-order valence-corrected chi connectivity index (χ0v) is 16.7. The maximum Gasteiger partial charge on any atom is 0.407 e. The minimum atomic E-state index is -1.16. The lowest BCUT2D eigenvalue weighted by Gasteiger charge is -2.17. The van der Waals surface area contributed by atoms with Crippen molar-refractivity contribution in [2.45, 2.75) is 25.3 Å². The molecule has 1 atom stereocenters. The average molecular weight is 406 g/mol. The van der Waals surface area contributed by atoms with E-state index in [0.717, 1.165) is 22.3 Å². The van der Waals surface area contributed by atoms with Gasteiger partial charge in [0.25, 0.3) is 0 Å². The Bertz CT molecular complexity index is 1060. The lowest BCUT2D eigenvalue weighted by Crippen LogP contribution is -2.43. The van der Waals surface area contributed by atoms with Gasteiger partial charge < -0.3 is 15.2 Å². The molecule has 0 aliphatic heterocycles. The van der Waals surface area contributed by atoms with E-state index in [2.05, 4.69) is 27.5 Å². The molecule has 8 heteroatoms. The van der Waals surface area contributed by atoms with Crippen LogP contribution in [-0.4, -0.2) is 44.6 Å². The molecule has 1 aromatic heterocycles. The molecule has 2 aromatic carbocycles. The first-order chi connectivity index (χ1) is 14.4. The number of alkyl carbamates (subject to hydrolysis) is 1. The van der Waals surface area contributed by atoms with Crippen molar-refractivity contribution < 1.29 is 19.4 Å². The third-order valence-electron chi connectivity index (χ3n) is 5.28. The standard InChI is InChI=1S/C22H22N4O4/c1-13-23-20(26(2)25-13)11-19(21(27)28)24-22(29)30-12-18-16-9-5-3-7-14(16)15-8-4-6-10-17(15)18/h3-10,18-19H,11-12H2,1-2H3,(H,24,29)(H,27,28). The molecule has 8 nitrogen and oxygen atoms in total. The number of nitrogens with zero attached hydrogens (tertiary/aromatic N) is 3. The summed E-state index contributed by atoms with van der Waals surface area (Å²) in [6.07, 6.45) is -0.764. The quantitative estimate of drug-likeness (QED) is 0.652. The van der Waals surface area contributed by atoms with Crippen molar-refractivity contribution in [3.05, 3.63) is 71.3 Å². The van der Waals surface area contributed by atoms with Gasteiger partial charge in [-0.3, -0.25) is 4.68 Å². The third kappa shape index (κ3) is 3.76. The summed E-state index contributed by atoms with van der Waals surface area (Å²) in [7, 11) is 1.68. The summed E-state index contributed by atoms with van der Waals surface area (Å²) in [4.78, 5) is 28.2. The molecule has 1 amide bonds. The first-order valence-electron chi connectivity index (χ1n) is 9.65. The molecule has 0 saturated carbocycles. The van der Waals surface area contributed by atoms with E-state index in [1.165, 1.54) is 4.68 Å². The minimum absolute atomic E-state index is 0.0108. The van der Waals surface area contributed by atoms with Gasteiger partial charge in [-0.2, -0.15) is 5.10 Å². The van der Waals surface area contributed by atoms with Gasteiger partial charge in [-0.25, -0.2) is 14.6 Å². The molecule has 0 bridgehead atoms. The fraction of sp³-hybridized carbons (Fsp3) is 0.273. The maximum atomic E-state index is 12.4. The lowest BCUT2D eigenvalue weighted by atomic mass is 9.98. The number of aryl methyl sites for hydroxylation is 2. The lowest BCUT2D eigenvalue weighted by molar-refractivity contribution is -0.139. The molecule has 154 valence electrons. The number of nitrogens with one attached hydrogen (secondary N) is 1. The van der Waals surface area contributed by atoms with E-state index in [-0.39, 0.29) is 18.9 Å². The minimum Gasteiger partial charge on any atom is -0.480 e. The maximum absolute atomic E-state index is 12.4. The van der Waals surface area contributed by atoms with E-state index >= 15 is 0 Å². The van der Waals surface area contributed by atoms with Crippen molar-refractivity contribution in [3.8, 4) is 11.1 Å². The molecular weight excluding hydrogens is 384 g/mol. The van der Waals surface area contributed by atoms with Crippen LogP contribution in [0.2, 0.25) is 0 Å². The number of carboxylic acid groups (broad SMARTS) is 1. The number of hydrogen-bond donors (Lipinski definition) is 2. The Hall–Kier alpha value is -3.68. The zero-order valence-electron chi connectivity index (χ0n) is 16.7. The van der Waals surface area contributed by atoms with Crippen LogP contribution in [0.3, 0.4) is 0 Å². The second kappa shape index (κ2) is 7.98. The summed E-state index contributed by atoms with van der Waals surface area (Å²) >= 11 is 0. The van der Waals surface area contributed by atoms with Crippen molar-refractivity contribution in [1.29, 1.82) is 0 Å². The van der Waals surface area contributed by atoms with Crippen LogP contribution in [0.5, 0.6) is 0 Å². The summed E-state index contributed by atoms with van der Waals surface area (Å²) in [5.41, 5.74) is 4.44. The second-order valence-electron chi connectivity index (χ2n) is 7.26. The van der Waals surface area contributed by atoms with E-state index in [1.54, 1.807) is 14.0 Å². The van der Waals surface area contributed by atoms with Gasteiger partial charge in [0, 0.05) is 19.4 Å². The first kappa shape index (κ1) is 19.6. The first-order valence-corrected chi connectivity index (χ1v) is 9.65. The molecule has 1 aliphatic carbocycles. The number of amides is 1. The van der Waals surface area contributed by atoms with Gasteiger partial charge in [0.2, 0.25) is 0 Å². The highest BCUT2D eigenvalue weighted by atomic mass is 16.5. The summed E-state index contributed by atoms with van der Waals surface area (Å²) in [6, 6.07) is 14.9. The van der Waals surface area contributed by atoms with E-state index in [9.17, 15) is 14.7 Å². The fourth-order valence-corrected chi connectivity index (χ4v) is 3.90. The van der Waals surface area contributed by atoms with Gasteiger partial charge in [0.05, 0.1) is 0 Å². The van der Waals surface area contributed by atoms with Gasteiger partial charge in [-0.05, 0) is 29.2 Å². The van der Waals surface area contributed by atoms with Gasteiger partial charge >= 0.3 is 12.1 Å². The highest BCUT2D eigenvalue weighted by Gasteiger charge is 2.30. The number of carbonyl (C=O) groups is 2. The van der Waals surface area contributed by atoms with E-state index in [0.29, 0.717) is 11.6 Å². The van der Waals surface area contributed by atoms with Gasteiger partial charge in [-0.15, -0.1) is 0 Å².